The van der Waals surface area contributed by atoms with Gasteiger partial charge in [0, 0.05) is 18.3 Å². The third kappa shape index (κ3) is 3.27. The van der Waals surface area contributed by atoms with Gasteiger partial charge in [0.25, 0.3) is 5.91 Å². The summed E-state index contributed by atoms with van der Waals surface area (Å²) in [5.41, 5.74) is 4.41. The summed E-state index contributed by atoms with van der Waals surface area (Å²) in [6, 6.07) is 16.0. The zero-order valence-corrected chi connectivity index (χ0v) is 16.9. The van der Waals surface area contributed by atoms with Crippen molar-refractivity contribution in [2.24, 2.45) is 0 Å². The molecule has 0 aliphatic carbocycles. The van der Waals surface area contributed by atoms with Gasteiger partial charge in [-0.05, 0) is 31.5 Å². The number of aromatic nitrogens is 3. The molecule has 0 spiro atoms. The molecule has 7 heteroatoms. The summed E-state index contributed by atoms with van der Waals surface area (Å²) < 4.78 is 13.3. The topological polar surface area (TPSA) is 72.9 Å². The third-order valence-electron chi connectivity index (χ3n) is 5.48. The van der Waals surface area contributed by atoms with Gasteiger partial charge in [0.05, 0.1) is 24.2 Å². The van der Waals surface area contributed by atoms with Crippen LogP contribution in [0.5, 0.6) is 0 Å². The number of amides is 1. The van der Waals surface area contributed by atoms with Crippen LogP contribution in [0.2, 0.25) is 0 Å². The first kappa shape index (κ1) is 18.6. The standard InChI is InChI=1S/C23H22N4O3/c1-15-12-19(16(2)30-15)23(28)26-10-11-29-21(14-26)22-20-9-8-18(13-27(20)25-24-22)17-6-4-3-5-7-17/h3-9,12-13,21H,10-11,14H2,1-2H3/t21-/m0/s1. The SMILES string of the molecule is Cc1cc(C(=O)N2CCO[C@H](c3nnn4cc(-c5ccccc5)ccc34)C2)c(C)o1. The number of ether oxygens (including phenoxy) is 1. The number of benzene rings is 1. The summed E-state index contributed by atoms with van der Waals surface area (Å²) in [6.07, 6.45) is 1.64. The van der Waals surface area contributed by atoms with Crippen LogP contribution in [0.15, 0.2) is 59.1 Å². The summed E-state index contributed by atoms with van der Waals surface area (Å²) in [5.74, 6) is 1.34. The van der Waals surface area contributed by atoms with E-state index in [0.717, 1.165) is 28.1 Å². The van der Waals surface area contributed by atoms with Crippen LogP contribution >= 0.6 is 0 Å². The van der Waals surface area contributed by atoms with Gasteiger partial charge in [-0.25, -0.2) is 4.52 Å². The molecule has 4 aromatic rings. The van der Waals surface area contributed by atoms with Crippen molar-refractivity contribution in [3.05, 3.63) is 77.5 Å². The van der Waals surface area contributed by atoms with Gasteiger partial charge in [0.2, 0.25) is 0 Å². The molecule has 1 amide bonds. The maximum Gasteiger partial charge on any atom is 0.257 e. The van der Waals surface area contributed by atoms with Gasteiger partial charge in [-0.3, -0.25) is 4.79 Å². The first-order valence-electron chi connectivity index (χ1n) is 9.98. The maximum absolute atomic E-state index is 13.0. The lowest BCUT2D eigenvalue weighted by molar-refractivity contribution is -0.0241. The fourth-order valence-corrected chi connectivity index (χ4v) is 3.96. The van der Waals surface area contributed by atoms with Gasteiger partial charge in [0.1, 0.15) is 23.3 Å². The minimum absolute atomic E-state index is 0.0412. The number of aryl methyl sites for hydroxylation is 2. The lowest BCUT2D eigenvalue weighted by Gasteiger charge is -2.32. The van der Waals surface area contributed by atoms with Crippen molar-refractivity contribution in [1.29, 1.82) is 0 Å². The summed E-state index contributed by atoms with van der Waals surface area (Å²) in [6.45, 7) is 5.08. The molecule has 1 aromatic carbocycles. The van der Waals surface area contributed by atoms with Crippen LogP contribution in [-0.2, 0) is 4.74 Å². The zero-order valence-electron chi connectivity index (χ0n) is 16.9. The van der Waals surface area contributed by atoms with E-state index in [0.29, 0.717) is 31.0 Å². The van der Waals surface area contributed by atoms with Crippen LogP contribution in [0.3, 0.4) is 0 Å². The zero-order chi connectivity index (χ0) is 20.7. The van der Waals surface area contributed by atoms with Crippen molar-refractivity contribution in [3.63, 3.8) is 0 Å². The number of carbonyl (C=O) groups is 1. The fourth-order valence-electron chi connectivity index (χ4n) is 3.96. The highest BCUT2D eigenvalue weighted by Crippen LogP contribution is 2.28. The first-order valence-corrected chi connectivity index (χ1v) is 9.98. The molecular weight excluding hydrogens is 380 g/mol. The van der Waals surface area contributed by atoms with Crippen LogP contribution < -0.4 is 0 Å². The molecule has 0 bridgehead atoms. The Kier molecular flexibility index (Phi) is 4.59. The number of nitrogens with zero attached hydrogens (tertiary/aromatic N) is 4. The number of hydrogen-bond donors (Lipinski definition) is 0. The molecule has 0 saturated carbocycles. The second-order valence-electron chi connectivity index (χ2n) is 7.53. The van der Waals surface area contributed by atoms with E-state index in [9.17, 15) is 4.79 Å². The molecule has 0 unspecified atom stereocenters. The average molecular weight is 402 g/mol. The Morgan fingerprint density at radius 2 is 1.93 bits per heavy atom. The van der Waals surface area contributed by atoms with Crippen molar-refractivity contribution in [2.75, 3.05) is 19.7 Å². The number of fused-ring (bicyclic) bond motifs is 1. The smallest absolute Gasteiger partial charge is 0.257 e. The lowest BCUT2D eigenvalue weighted by atomic mass is 10.1. The summed E-state index contributed by atoms with van der Waals surface area (Å²) in [5, 5.41) is 8.67. The molecule has 0 radical (unpaired) electrons. The predicted octanol–water partition coefficient (Wildman–Crippen LogP) is 3.82. The number of pyridine rings is 1. The minimum atomic E-state index is -0.323. The average Bonchev–Trinajstić information content (AvgIpc) is 3.35. The van der Waals surface area contributed by atoms with E-state index in [2.05, 4.69) is 28.5 Å². The molecule has 0 N–H and O–H groups in total. The molecule has 1 fully saturated rings. The molecule has 3 aromatic heterocycles. The van der Waals surface area contributed by atoms with E-state index in [1.54, 1.807) is 15.5 Å². The van der Waals surface area contributed by atoms with Crippen LogP contribution in [0.4, 0.5) is 0 Å². The Morgan fingerprint density at radius 3 is 2.70 bits per heavy atom. The van der Waals surface area contributed by atoms with Crippen LogP contribution in [-0.4, -0.2) is 45.3 Å². The Labute approximate surface area is 173 Å². The van der Waals surface area contributed by atoms with Crippen molar-refractivity contribution in [2.45, 2.75) is 20.0 Å². The van der Waals surface area contributed by atoms with E-state index < -0.39 is 0 Å². The molecule has 5 rings (SSSR count). The van der Waals surface area contributed by atoms with E-state index in [4.69, 9.17) is 9.15 Å². The first-order chi connectivity index (χ1) is 14.6. The Bertz CT molecular complexity index is 1210. The highest BCUT2D eigenvalue weighted by molar-refractivity contribution is 5.95. The maximum atomic E-state index is 13.0. The Hall–Kier alpha value is -3.45. The molecule has 1 aliphatic rings. The van der Waals surface area contributed by atoms with Gasteiger partial charge in [-0.2, -0.15) is 0 Å². The quantitative estimate of drug-likeness (QED) is 0.521. The number of furan rings is 1. The number of morpholine rings is 1. The normalized spacial score (nSPS) is 16.9. The highest BCUT2D eigenvalue weighted by atomic mass is 16.5. The van der Waals surface area contributed by atoms with Gasteiger partial charge in [-0.1, -0.05) is 41.6 Å². The van der Waals surface area contributed by atoms with Crippen LogP contribution in [0, 0.1) is 13.8 Å². The minimum Gasteiger partial charge on any atom is -0.466 e. The molecule has 7 nitrogen and oxygen atoms in total. The summed E-state index contributed by atoms with van der Waals surface area (Å²) in [4.78, 5) is 14.8. The van der Waals surface area contributed by atoms with Gasteiger partial charge in [0.15, 0.2) is 0 Å². The molecule has 30 heavy (non-hydrogen) atoms. The largest absolute Gasteiger partial charge is 0.466 e. The van der Waals surface area contributed by atoms with Crippen LogP contribution in [0.25, 0.3) is 16.6 Å². The number of hydrogen-bond acceptors (Lipinski definition) is 5. The van der Waals surface area contributed by atoms with Crippen molar-refractivity contribution in [1.82, 2.24) is 19.7 Å². The molecule has 1 atom stereocenters. The Morgan fingerprint density at radius 1 is 1.10 bits per heavy atom. The van der Waals surface area contributed by atoms with Gasteiger partial charge < -0.3 is 14.1 Å². The monoisotopic (exact) mass is 402 g/mol. The van der Waals surface area contributed by atoms with E-state index in [1.165, 1.54) is 0 Å². The Balaban J connectivity index is 1.41. The summed E-state index contributed by atoms with van der Waals surface area (Å²) >= 11 is 0. The van der Waals surface area contributed by atoms with Gasteiger partial charge in [-0.15, -0.1) is 5.10 Å². The van der Waals surface area contributed by atoms with Crippen molar-refractivity contribution < 1.29 is 13.9 Å². The van der Waals surface area contributed by atoms with E-state index in [-0.39, 0.29) is 12.0 Å². The fraction of sp³-hybridized carbons (Fsp3) is 0.261. The van der Waals surface area contributed by atoms with Crippen LogP contribution in [0.1, 0.15) is 33.7 Å². The van der Waals surface area contributed by atoms with Crippen molar-refractivity contribution >= 4 is 11.4 Å². The number of carbonyl (C=O) groups excluding carboxylic acids is 1. The number of rotatable bonds is 3. The predicted molar refractivity (Wildman–Crippen MR) is 111 cm³/mol. The molecular formula is C23H22N4O3. The molecule has 4 heterocycles. The molecule has 1 saturated heterocycles. The second kappa shape index (κ2) is 7.42. The van der Waals surface area contributed by atoms with E-state index >= 15 is 0 Å². The van der Waals surface area contributed by atoms with E-state index in [1.807, 2.05) is 44.3 Å². The molecule has 152 valence electrons. The second-order valence-corrected chi connectivity index (χ2v) is 7.53. The van der Waals surface area contributed by atoms with Crippen molar-refractivity contribution in [3.8, 4) is 11.1 Å². The van der Waals surface area contributed by atoms with Gasteiger partial charge >= 0.3 is 0 Å². The highest BCUT2D eigenvalue weighted by Gasteiger charge is 2.30. The molecule has 1 aliphatic heterocycles. The third-order valence-corrected chi connectivity index (χ3v) is 5.48. The summed E-state index contributed by atoms with van der Waals surface area (Å²) in [7, 11) is 0. The lowest BCUT2D eigenvalue weighted by Crippen LogP contribution is -2.42.